The standard InChI is InChI=1S/C23H21N5O/c1-15(2)17-9-3-4-10-18(17)26-23(29)20-12-13-21(28-27-20)25-19-11-5-7-16-8-6-14-24-22(16)19/h3-15H,1-2H3,(H,25,28)(H,26,29). The van der Waals surface area contributed by atoms with Crippen LogP contribution in [0.2, 0.25) is 0 Å². The second kappa shape index (κ2) is 8.06. The Hall–Kier alpha value is -3.80. The van der Waals surface area contributed by atoms with Gasteiger partial charge < -0.3 is 10.6 Å². The van der Waals surface area contributed by atoms with Gasteiger partial charge in [-0.05, 0) is 41.8 Å². The van der Waals surface area contributed by atoms with Crippen LogP contribution in [0.1, 0.15) is 35.8 Å². The average Bonchev–Trinajstić information content (AvgIpc) is 2.75. The maximum Gasteiger partial charge on any atom is 0.276 e. The lowest BCUT2D eigenvalue weighted by atomic mass is 10.0. The monoisotopic (exact) mass is 383 g/mol. The molecule has 0 bridgehead atoms. The summed E-state index contributed by atoms with van der Waals surface area (Å²) in [7, 11) is 0. The van der Waals surface area contributed by atoms with E-state index in [0.717, 1.165) is 27.8 Å². The van der Waals surface area contributed by atoms with Crippen molar-refractivity contribution >= 4 is 34.0 Å². The summed E-state index contributed by atoms with van der Waals surface area (Å²) in [6.45, 7) is 4.18. The minimum atomic E-state index is -0.288. The largest absolute Gasteiger partial charge is 0.337 e. The van der Waals surface area contributed by atoms with Crippen LogP contribution in [0.25, 0.3) is 10.9 Å². The molecule has 6 heteroatoms. The third-order valence-electron chi connectivity index (χ3n) is 4.62. The number of nitrogens with one attached hydrogen (secondary N) is 2. The third-order valence-corrected chi connectivity index (χ3v) is 4.62. The molecular formula is C23H21N5O. The molecule has 144 valence electrons. The highest BCUT2D eigenvalue weighted by molar-refractivity contribution is 6.03. The average molecular weight is 383 g/mol. The summed E-state index contributed by atoms with van der Waals surface area (Å²) in [6.07, 6.45) is 1.75. The SMILES string of the molecule is CC(C)c1ccccc1NC(=O)c1ccc(Nc2cccc3cccnc23)nn1. The quantitative estimate of drug-likeness (QED) is 0.498. The molecule has 4 aromatic rings. The van der Waals surface area contributed by atoms with E-state index in [0.29, 0.717) is 11.7 Å². The first-order valence-corrected chi connectivity index (χ1v) is 9.46. The Labute approximate surface area is 169 Å². The summed E-state index contributed by atoms with van der Waals surface area (Å²) in [5.41, 5.74) is 3.81. The van der Waals surface area contributed by atoms with Gasteiger partial charge in [-0.1, -0.05) is 50.2 Å². The van der Waals surface area contributed by atoms with Crippen LogP contribution in [-0.2, 0) is 0 Å². The van der Waals surface area contributed by atoms with Gasteiger partial charge in [-0.15, -0.1) is 10.2 Å². The zero-order valence-electron chi connectivity index (χ0n) is 16.3. The van der Waals surface area contributed by atoms with E-state index in [1.165, 1.54) is 0 Å². The van der Waals surface area contributed by atoms with Gasteiger partial charge in [0.05, 0.1) is 11.2 Å². The van der Waals surface area contributed by atoms with Gasteiger partial charge in [0.15, 0.2) is 11.5 Å². The van der Waals surface area contributed by atoms with Crippen molar-refractivity contribution in [2.45, 2.75) is 19.8 Å². The molecule has 2 N–H and O–H groups in total. The molecule has 0 unspecified atom stereocenters. The van der Waals surface area contributed by atoms with Crippen molar-refractivity contribution in [3.63, 3.8) is 0 Å². The molecular weight excluding hydrogens is 362 g/mol. The van der Waals surface area contributed by atoms with E-state index >= 15 is 0 Å². The van der Waals surface area contributed by atoms with Crippen molar-refractivity contribution in [1.82, 2.24) is 15.2 Å². The molecule has 0 saturated heterocycles. The Kier molecular flexibility index (Phi) is 5.16. The summed E-state index contributed by atoms with van der Waals surface area (Å²) >= 11 is 0. The minimum Gasteiger partial charge on any atom is -0.337 e. The number of amides is 1. The van der Waals surface area contributed by atoms with Gasteiger partial charge in [0.2, 0.25) is 0 Å². The molecule has 2 heterocycles. The second-order valence-electron chi connectivity index (χ2n) is 7.01. The molecule has 29 heavy (non-hydrogen) atoms. The first kappa shape index (κ1) is 18.6. The van der Waals surface area contributed by atoms with Crippen molar-refractivity contribution in [3.05, 3.63) is 84.2 Å². The van der Waals surface area contributed by atoms with Gasteiger partial charge in [0.1, 0.15) is 0 Å². The van der Waals surface area contributed by atoms with Gasteiger partial charge in [-0.3, -0.25) is 9.78 Å². The predicted molar refractivity (Wildman–Crippen MR) is 116 cm³/mol. The molecule has 0 radical (unpaired) electrons. The van der Waals surface area contributed by atoms with Gasteiger partial charge in [-0.2, -0.15) is 0 Å². The second-order valence-corrected chi connectivity index (χ2v) is 7.01. The van der Waals surface area contributed by atoms with Gasteiger partial charge in [0.25, 0.3) is 5.91 Å². The maximum atomic E-state index is 12.6. The number of carbonyl (C=O) groups is 1. The highest BCUT2D eigenvalue weighted by Crippen LogP contribution is 2.25. The van der Waals surface area contributed by atoms with Crippen molar-refractivity contribution < 1.29 is 4.79 Å². The molecule has 0 aliphatic carbocycles. The molecule has 0 atom stereocenters. The zero-order valence-corrected chi connectivity index (χ0v) is 16.3. The number of hydrogen-bond donors (Lipinski definition) is 2. The number of fused-ring (bicyclic) bond motifs is 1. The van der Waals surface area contributed by atoms with E-state index in [1.807, 2.05) is 54.6 Å². The highest BCUT2D eigenvalue weighted by Gasteiger charge is 2.13. The van der Waals surface area contributed by atoms with Crippen molar-refractivity contribution in [3.8, 4) is 0 Å². The highest BCUT2D eigenvalue weighted by atomic mass is 16.1. The molecule has 0 aliphatic rings. The van der Waals surface area contributed by atoms with Crippen LogP contribution in [0.3, 0.4) is 0 Å². The summed E-state index contributed by atoms with van der Waals surface area (Å²) in [4.78, 5) is 17.0. The Morgan fingerprint density at radius 2 is 1.66 bits per heavy atom. The van der Waals surface area contributed by atoms with Gasteiger partial charge in [-0.25, -0.2) is 0 Å². The number of para-hydroxylation sites is 2. The lowest BCUT2D eigenvalue weighted by Crippen LogP contribution is -2.16. The number of nitrogens with zero attached hydrogens (tertiary/aromatic N) is 3. The maximum absolute atomic E-state index is 12.6. The fraction of sp³-hybridized carbons (Fsp3) is 0.130. The number of hydrogen-bond acceptors (Lipinski definition) is 5. The number of pyridine rings is 1. The first-order chi connectivity index (χ1) is 14.1. The van der Waals surface area contributed by atoms with E-state index in [-0.39, 0.29) is 11.6 Å². The summed E-state index contributed by atoms with van der Waals surface area (Å²) in [6, 6.07) is 20.9. The van der Waals surface area contributed by atoms with E-state index < -0.39 is 0 Å². The van der Waals surface area contributed by atoms with Gasteiger partial charge in [0, 0.05) is 17.3 Å². The van der Waals surface area contributed by atoms with E-state index in [1.54, 1.807) is 18.3 Å². The normalized spacial score (nSPS) is 10.9. The van der Waals surface area contributed by atoms with E-state index in [2.05, 4.69) is 39.7 Å². The molecule has 1 amide bonds. The van der Waals surface area contributed by atoms with Crippen LogP contribution in [0.4, 0.5) is 17.2 Å². The Balaban J connectivity index is 1.51. The molecule has 2 aromatic carbocycles. The van der Waals surface area contributed by atoms with Crippen LogP contribution in [-0.4, -0.2) is 21.1 Å². The van der Waals surface area contributed by atoms with Crippen LogP contribution >= 0.6 is 0 Å². The Morgan fingerprint density at radius 1 is 0.862 bits per heavy atom. The van der Waals surface area contributed by atoms with Crippen LogP contribution < -0.4 is 10.6 Å². The van der Waals surface area contributed by atoms with Gasteiger partial charge >= 0.3 is 0 Å². The summed E-state index contributed by atoms with van der Waals surface area (Å²) in [5.74, 6) is 0.560. The number of anilines is 3. The fourth-order valence-electron chi connectivity index (χ4n) is 3.16. The molecule has 6 nitrogen and oxygen atoms in total. The van der Waals surface area contributed by atoms with Crippen LogP contribution in [0.5, 0.6) is 0 Å². The Bertz CT molecular complexity index is 1150. The number of rotatable bonds is 5. The minimum absolute atomic E-state index is 0.255. The van der Waals surface area contributed by atoms with Crippen molar-refractivity contribution in [2.24, 2.45) is 0 Å². The van der Waals surface area contributed by atoms with Crippen LogP contribution in [0, 0.1) is 0 Å². The molecule has 4 rings (SSSR count). The lowest BCUT2D eigenvalue weighted by molar-refractivity contribution is 0.102. The smallest absolute Gasteiger partial charge is 0.276 e. The molecule has 2 aromatic heterocycles. The summed E-state index contributed by atoms with van der Waals surface area (Å²) in [5, 5.41) is 15.4. The van der Waals surface area contributed by atoms with Crippen molar-refractivity contribution in [1.29, 1.82) is 0 Å². The predicted octanol–water partition coefficient (Wildman–Crippen LogP) is 5.14. The number of carbonyl (C=O) groups excluding carboxylic acids is 1. The van der Waals surface area contributed by atoms with Crippen molar-refractivity contribution in [2.75, 3.05) is 10.6 Å². The van der Waals surface area contributed by atoms with Crippen LogP contribution in [0.15, 0.2) is 72.9 Å². The third kappa shape index (κ3) is 4.06. The molecule has 0 aliphatic heterocycles. The van der Waals surface area contributed by atoms with E-state index in [4.69, 9.17) is 0 Å². The number of aromatic nitrogens is 3. The first-order valence-electron chi connectivity index (χ1n) is 9.46. The fourth-order valence-corrected chi connectivity index (χ4v) is 3.16. The molecule has 0 spiro atoms. The topological polar surface area (TPSA) is 79.8 Å². The van der Waals surface area contributed by atoms with E-state index in [9.17, 15) is 4.79 Å². The Morgan fingerprint density at radius 3 is 2.45 bits per heavy atom. The molecule has 0 fully saturated rings. The summed E-state index contributed by atoms with van der Waals surface area (Å²) < 4.78 is 0. The zero-order chi connectivity index (χ0) is 20.2. The number of benzene rings is 2. The lowest BCUT2D eigenvalue weighted by Gasteiger charge is -2.13. The molecule has 0 saturated carbocycles.